The van der Waals surface area contributed by atoms with Gasteiger partial charge in [-0.1, -0.05) is 0 Å². The number of nitrogens with one attached hydrogen (secondary N) is 3. The van der Waals surface area contributed by atoms with Gasteiger partial charge >= 0.3 is 17.6 Å². The average molecular weight is 486 g/mol. The number of esters is 1. The molecule has 15 heteroatoms. The van der Waals surface area contributed by atoms with Gasteiger partial charge in [-0.25, -0.2) is 9.59 Å². The first-order chi connectivity index (χ1) is 16.0. The number of rotatable bonds is 11. The maximum Gasteiger partial charge on any atom is 0.330 e. The molecular weight excluding hydrogens is 460 g/mol. The molecule has 2 amide bonds. The van der Waals surface area contributed by atoms with Crippen molar-refractivity contribution >= 4 is 23.8 Å². The fourth-order valence-corrected chi connectivity index (χ4v) is 3.17. The van der Waals surface area contributed by atoms with E-state index in [9.17, 15) is 39.0 Å². The summed E-state index contributed by atoms with van der Waals surface area (Å²) in [6, 6.07) is -0.345. The second kappa shape index (κ2) is 12.1. The van der Waals surface area contributed by atoms with Crippen LogP contribution in [-0.4, -0.2) is 86.1 Å². The molecule has 0 saturated carbocycles. The molecular formula is C19H26N4O11. The van der Waals surface area contributed by atoms with E-state index in [0.717, 1.165) is 16.8 Å². The number of carbonyl (C=O) groups is 4. The van der Waals surface area contributed by atoms with Gasteiger partial charge in [0.2, 0.25) is 5.91 Å². The van der Waals surface area contributed by atoms with Crippen molar-refractivity contribution in [2.75, 3.05) is 13.2 Å². The lowest BCUT2D eigenvalue weighted by Gasteiger charge is -2.16. The van der Waals surface area contributed by atoms with Gasteiger partial charge in [0, 0.05) is 25.2 Å². The van der Waals surface area contributed by atoms with Crippen molar-refractivity contribution in [2.45, 2.75) is 56.8 Å². The van der Waals surface area contributed by atoms with Crippen LogP contribution in [0.3, 0.4) is 0 Å². The first-order valence-electron chi connectivity index (χ1n) is 10.3. The Morgan fingerprint density at radius 1 is 1.24 bits per heavy atom. The maximum atomic E-state index is 12.3. The van der Waals surface area contributed by atoms with E-state index in [1.165, 1.54) is 6.92 Å². The van der Waals surface area contributed by atoms with E-state index in [0.29, 0.717) is 0 Å². The third-order valence-electron chi connectivity index (χ3n) is 4.79. The van der Waals surface area contributed by atoms with Gasteiger partial charge in [0.25, 0.3) is 11.5 Å². The van der Waals surface area contributed by atoms with E-state index < -0.39 is 72.0 Å². The van der Waals surface area contributed by atoms with Crippen LogP contribution in [0, 0.1) is 0 Å². The molecule has 6 N–H and O–H groups in total. The number of aliphatic hydroxyl groups excluding tert-OH is 2. The van der Waals surface area contributed by atoms with E-state index >= 15 is 0 Å². The molecule has 1 fully saturated rings. The summed E-state index contributed by atoms with van der Waals surface area (Å²) >= 11 is 0. The summed E-state index contributed by atoms with van der Waals surface area (Å²) in [4.78, 5) is 72.0. The van der Waals surface area contributed by atoms with Crippen molar-refractivity contribution in [3.05, 3.63) is 33.1 Å². The van der Waals surface area contributed by atoms with Crippen molar-refractivity contribution < 1.29 is 44.0 Å². The summed E-state index contributed by atoms with van der Waals surface area (Å²) in [6.07, 6.45) is -5.94. The molecule has 5 atom stereocenters. The quantitative estimate of drug-likeness (QED) is 0.133. The average Bonchev–Trinajstić information content (AvgIpc) is 3.05. The fourth-order valence-electron chi connectivity index (χ4n) is 3.17. The molecule has 0 bridgehead atoms. The number of carbonyl (C=O) groups excluding carboxylic acids is 3. The number of carboxylic acid groups (broad SMARTS) is 1. The third kappa shape index (κ3) is 6.97. The van der Waals surface area contributed by atoms with E-state index in [4.69, 9.17) is 14.6 Å². The molecule has 0 aliphatic carbocycles. The minimum absolute atomic E-state index is 0.0122. The van der Waals surface area contributed by atoms with Gasteiger partial charge in [-0.15, -0.1) is 0 Å². The molecule has 0 aromatic carbocycles. The number of hydrogen-bond donors (Lipinski definition) is 6. The number of H-pyrrole nitrogens is 1. The highest BCUT2D eigenvalue weighted by Crippen LogP contribution is 2.28. The zero-order valence-corrected chi connectivity index (χ0v) is 18.1. The second-order valence-electron chi connectivity index (χ2n) is 7.31. The number of aromatic nitrogens is 2. The van der Waals surface area contributed by atoms with E-state index in [1.807, 2.05) is 4.98 Å². The summed E-state index contributed by atoms with van der Waals surface area (Å²) in [6.45, 7) is 1.49. The van der Waals surface area contributed by atoms with Gasteiger partial charge in [0.1, 0.15) is 18.2 Å². The molecule has 1 aromatic rings. The van der Waals surface area contributed by atoms with Crippen LogP contribution in [-0.2, 0) is 28.7 Å². The number of aliphatic hydroxyl groups is 2. The minimum Gasteiger partial charge on any atom is -0.481 e. The summed E-state index contributed by atoms with van der Waals surface area (Å²) < 4.78 is 10.9. The van der Waals surface area contributed by atoms with Crippen molar-refractivity contribution in [1.82, 2.24) is 20.2 Å². The predicted molar refractivity (Wildman–Crippen MR) is 110 cm³/mol. The Balaban J connectivity index is 1.84. The van der Waals surface area contributed by atoms with Crippen molar-refractivity contribution in [2.24, 2.45) is 0 Å². The molecule has 1 aromatic heterocycles. The molecule has 15 nitrogen and oxygen atoms in total. The number of aromatic amines is 1. The number of hydrogen-bond acceptors (Lipinski definition) is 10. The standard InChI is InChI=1S/C19H26N4O11/c1-2-33-18(31)9(8-12(26)27)21-10(24)4-3-6-20-16(30)15-13(28)14(29)17(34-15)23-7-5-11(25)22-19(23)32/h5,7,9,13-15,17,28-29H,2-4,6,8H2,1H3,(H,20,30)(H,21,24)(H,26,27)(H,22,25,32)/t9-,13-,14+,15-,17+/m0/s1. The lowest BCUT2D eigenvalue weighted by Crippen LogP contribution is -2.44. The Morgan fingerprint density at radius 2 is 1.94 bits per heavy atom. The van der Waals surface area contributed by atoms with E-state index in [2.05, 4.69) is 10.6 Å². The Kier molecular flexibility index (Phi) is 9.47. The van der Waals surface area contributed by atoms with Crippen LogP contribution in [0.5, 0.6) is 0 Å². The minimum atomic E-state index is -1.67. The van der Waals surface area contributed by atoms with Crippen LogP contribution in [0.1, 0.15) is 32.4 Å². The maximum absolute atomic E-state index is 12.3. The van der Waals surface area contributed by atoms with Gasteiger partial charge in [-0.05, 0) is 13.3 Å². The van der Waals surface area contributed by atoms with Gasteiger partial charge in [0.05, 0.1) is 13.0 Å². The third-order valence-corrected chi connectivity index (χ3v) is 4.79. The van der Waals surface area contributed by atoms with Crippen LogP contribution in [0.4, 0.5) is 0 Å². The molecule has 34 heavy (non-hydrogen) atoms. The fraction of sp³-hybridized carbons (Fsp3) is 0.579. The van der Waals surface area contributed by atoms with Crippen LogP contribution in [0.15, 0.2) is 21.9 Å². The number of ether oxygens (including phenoxy) is 2. The lowest BCUT2D eigenvalue weighted by molar-refractivity contribution is -0.151. The molecule has 0 unspecified atom stereocenters. The summed E-state index contributed by atoms with van der Waals surface area (Å²) in [5, 5.41) is 33.8. The zero-order valence-electron chi connectivity index (χ0n) is 18.1. The highest BCUT2D eigenvalue weighted by molar-refractivity contribution is 5.87. The topological polar surface area (TPSA) is 226 Å². The predicted octanol–water partition coefficient (Wildman–Crippen LogP) is -3.43. The SMILES string of the molecule is CCOC(=O)[C@H](CC(=O)O)NC(=O)CCCNC(=O)[C@H]1O[C@@H](n2ccc(=O)[nH]c2=O)[C@H](O)[C@@H]1O. The Hall–Kier alpha value is -3.56. The Labute approximate surface area is 191 Å². The second-order valence-corrected chi connectivity index (χ2v) is 7.31. The number of aliphatic carboxylic acids is 1. The molecule has 2 rings (SSSR count). The highest BCUT2D eigenvalue weighted by Gasteiger charge is 2.47. The highest BCUT2D eigenvalue weighted by atomic mass is 16.6. The van der Waals surface area contributed by atoms with Crippen molar-refractivity contribution in [3.63, 3.8) is 0 Å². The molecule has 2 heterocycles. The molecule has 0 radical (unpaired) electrons. The van der Waals surface area contributed by atoms with Crippen LogP contribution >= 0.6 is 0 Å². The van der Waals surface area contributed by atoms with Crippen LogP contribution in [0.2, 0.25) is 0 Å². The normalized spacial score (nSPS) is 22.6. The summed E-state index contributed by atoms with van der Waals surface area (Å²) in [7, 11) is 0. The smallest absolute Gasteiger partial charge is 0.330 e. The van der Waals surface area contributed by atoms with Gasteiger partial charge < -0.3 is 35.4 Å². The van der Waals surface area contributed by atoms with Crippen molar-refractivity contribution in [1.29, 1.82) is 0 Å². The first kappa shape index (κ1) is 26.7. The number of nitrogens with zero attached hydrogens (tertiary/aromatic N) is 1. The Bertz CT molecular complexity index is 1020. The molecule has 1 aliphatic heterocycles. The van der Waals surface area contributed by atoms with Crippen LogP contribution in [0.25, 0.3) is 0 Å². The molecule has 0 spiro atoms. The van der Waals surface area contributed by atoms with Gasteiger partial charge in [-0.3, -0.25) is 28.7 Å². The van der Waals surface area contributed by atoms with Crippen molar-refractivity contribution in [3.8, 4) is 0 Å². The molecule has 1 saturated heterocycles. The number of amides is 2. The lowest BCUT2D eigenvalue weighted by atomic mass is 10.1. The molecule has 188 valence electrons. The van der Waals surface area contributed by atoms with Gasteiger partial charge in [-0.2, -0.15) is 0 Å². The monoisotopic (exact) mass is 486 g/mol. The summed E-state index contributed by atoms with van der Waals surface area (Å²) in [5.41, 5.74) is -1.58. The zero-order chi connectivity index (χ0) is 25.4. The van der Waals surface area contributed by atoms with E-state index in [-0.39, 0.29) is 26.0 Å². The largest absolute Gasteiger partial charge is 0.481 e. The Morgan fingerprint density at radius 3 is 2.56 bits per heavy atom. The first-order valence-corrected chi connectivity index (χ1v) is 10.3. The summed E-state index contributed by atoms with van der Waals surface area (Å²) in [5.74, 6) is -3.64. The number of carboxylic acids is 1. The van der Waals surface area contributed by atoms with Crippen LogP contribution < -0.4 is 21.9 Å². The van der Waals surface area contributed by atoms with E-state index in [1.54, 1.807) is 0 Å². The van der Waals surface area contributed by atoms with Gasteiger partial charge in [0.15, 0.2) is 12.3 Å². The molecule has 1 aliphatic rings.